The fraction of sp³-hybridized carbons (Fsp3) is 1.00. The van der Waals surface area contributed by atoms with E-state index in [9.17, 15) is 0 Å². The van der Waals surface area contributed by atoms with Crippen molar-refractivity contribution in [1.29, 1.82) is 0 Å². The summed E-state index contributed by atoms with van der Waals surface area (Å²) in [6, 6.07) is 0. The first-order valence-corrected chi connectivity index (χ1v) is 12.5. The summed E-state index contributed by atoms with van der Waals surface area (Å²) in [7, 11) is 6.83. The van der Waals surface area contributed by atoms with E-state index >= 15 is 0 Å². The van der Waals surface area contributed by atoms with Crippen molar-refractivity contribution in [3.63, 3.8) is 0 Å². The first-order valence-electron chi connectivity index (χ1n) is 6.52. The summed E-state index contributed by atoms with van der Waals surface area (Å²) < 4.78 is 2.09. The van der Waals surface area contributed by atoms with Crippen LogP contribution in [-0.2, 0) is 0 Å². The Labute approximate surface area is 97.8 Å². The first-order chi connectivity index (χ1) is 6.88. The van der Waals surface area contributed by atoms with Crippen LogP contribution in [0.5, 0.6) is 0 Å². The van der Waals surface area contributed by atoms with Crippen molar-refractivity contribution in [2.75, 3.05) is 0 Å². The Morgan fingerprint density at radius 2 is 1.00 bits per heavy atom. The van der Waals surface area contributed by atoms with Gasteiger partial charge in [0.2, 0.25) is 0 Å². The summed E-state index contributed by atoms with van der Waals surface area (Å²) in [6.07, 6.45) is 14.8. The van der Waals surface area contributed by atoms with Gasteiger partial charge in [-0.05, 0) is 0 Å². The van der Waals surface area contributed by atoms with E-state index in [1.54, 1.807) is 0 Å². The number of hydrogen-bond acceptors (Lipinski definition) is 0. The first kappa shape index (κ1) is 11.4. The van der Waals surface area contributed by atoms with E-state index in [1.807, 2.05) is 0 Å². The van der Waals surface area contributed by atoms with Gasteiger partial charge >= 0.3 is 98.0 Å². The van der Waals surface area contributed by atoms with Crippen molar-refractivity contribution in [3.05, 3.63) is 0 Å². The molecule has 2 aliphatic carbocycles. The Balaban J connectivity index is 1.82. The van der Waals surface area contributed by atoms with Crippen molar-refractivity contribution in [3.8, 4) is 0 Å². The minimum atomic E-state index is -1.38. The summed E-state index contributed by atoms with van der Waals surface area (Å²) in [5, 5.41) is 0. The molecule has 2 rings (SSSR count). The molecule has 0 amide bonds. The molecule has 0 saturated heterocycles. The van der Waals surface area contributed by atoms with Gasteiger partial charge in [0.1, 0.15) is 0 Å². The van der Waals surface area contributed by atoms with Crippen molar-refractivity contribution in [2.24, 2.45) is 0 Å². The summed E-state index contributed by atoms with van der Waals surface area (Å²) >= 11 is -1.38. The van der Waals surface area contributed by atoms with E-state index < -0.39 is 15.2 Å². The third-order valence-electron chi connectivity index (χ3n) is 4.20. The molecular weight excluding hydrogens is 249 g/mol. The van der Waals surface area contributed by atoms with Gasteiger partial charge in [-0.15, -0.1) is 0 Å². The van der Waals surface area contributed by atoms with Gasteiger partial charge in [0.15, 0.2) is 0 Å². The van der Waals surface area contributed by atoms with Crippen LogP contribution in [0.4, 0.5) is 0 Å². The Morgan fingerprint density at radius 1 is 0.643 bits per heavy atom. The van der Waals surface area contributed by atoms with Crippen LogP contribution in [-0.4, -0.2) is 15.2 Å². The zero-order chi connectivity index (χ0) is 9.80. The summed E-state index contributed by atoms with van der Waals surface area (Å²) in [6.45, 7) is 0. The topological polar surface area (TPSA) is 0 Å². The van der Waals surface area contributed by atoms with Crippen molar-refractivity contribution >= 4 is 24.9 Å². The Kier molecular flexibility index (Phi) is 4.78. The molecule has 0 bridgehead atoms. The molecule has 0 spiro atoms. The predicted octanol–water partition coefficient (Wildman–Crippen LogP) is 4.89. The number of hydrogen-bond donors (Lipinski definition) is 0. The third-order valence-corrected chi connectivity index (χ3v) is 14.5. The fourth-order valence-corrected chi connectivity index (χ4v) is 12.2. The van der Waals surface area contributed by atoms with Gasteiger partial charge in [-0.3, -0.25) is 0 Å². The van der Waals surface area contributed by atoms with E-state index in [0.717, 1.165) is 8.94 Å². The predicted molar refractivity (Wildman–Crippen MR) is 65.3 cm³/mol. The molecule has 0 nitrogen and oxygen atoms in total. The van der Waals surface area contributed by atoms with E-state index in [1.165, 1.54) is 64.2 Å². The molecule has 0 aromatic rings. The Morgan fingerprint density at radius 3 is 1.36 bits per heavy atom. The molecule has 2 heteroatoms. The average Bonchev–Trinajstić information content (AvgIpc) is 2.30. The molecule has 2 fully saturated rings. The molecule has 0 aliphatic heterocycles. The molecule has 14 heavy (non-hydrogen) atoms. The molecule has 2 aliphatic rings. The monoisotopic (exact) mass is 270 g/mol. The standard InChI is InChI=1S/2C6H11.ClH.Ga/c2*1-2-4-6-5-3-1;;/h2*1H,2-6H2;1H;/q;;;+1/p-1. The SMILES string of the molecule is [Cl][Ga]([CH]1CCCCC1)[CH]1CCCCC1. The van der Waals surface area contributed by atoms with Crippen LogP contribution in [0.15, 0.2) is 0 Å². The molecule has 0 aromatic carbocycles. The normalized spacial score (nSPS) is 26.4. The van der Waals surface area contributed by atoms with Crippen LogP contribution >= 0.6 is 9.64 Å². The van der Waals surface area contributed by atoms with Crippen LogP contribution < -0.4 is 0 Å². The second-order valence-corrected chi connectivity index (χ2v) is 13.7. The summed E-state index contributed by atoms with van der Waals surface area (Å²) in [4.78, 5) is 0. The van der Waals surface area contributed by atoms with Crippen LogP contribution in [0.25, 0.3) is 0 Å². The molecule has 0 atom stereocenters. The summed E-state index contributed by atoms with van der Waals surface area (Å²) in [5.74, 6) is 0. The molecule has 0 radical (unpaired) electrons. The van der Waals surface area contributed by atoms with Gasteiger partial charge in [0.05, 0.1) is 0 Å². The van der Waals surface area contributed by atoms with Crippen LogP contribution in [0, 0.1) is 0 Å². The van der Waals surface area contributed by atoms with Gasteiger partial charge in [-0.2, -0.15) is 0 Å². The third kappa shape index (κ3) is 2.96. The van der Waals surface area contributed by atoms with Crippen molar-refractivity contribution in [1.82, 2.24) is 0 Å². The zero-order valence-corrected chi connectivity index (χ0v) is 12.4. The van der Waals surface area contributed by atoms with Gasteiger partial charge < -0.3 is 0 Å². The number of rotatable bonds is 2. The molecular formula is C12H22ClGa. The Hall–Kier alpha value is 0.926. The van der Waals surface area contributed by atoms with Gasteiger partial charge in [0, 0.05) is 0 Å². The van der Waals surface area contributed by atoms with Gasteiger partial charge in [0.25, 0.3) is 0 Å². The second-order valence-electron chi connectivity index (χ2n) is 5.24. The average molecular weight is 271 g/mol. The van der Waals surface area contributed by atoms with Crippen molar-refractivity contribution < 1.29 is 0 Å². The van der Waals surface area contributed by atoms with E-state index in [4.69, 9.17) is 9.64 Å². The minimum absolute atomic E-state index is 1.04. The molecule has 2 saturated carbocycles. The van der Waals surface area contributed by atoms with Gasteiger partial charge in [-0.1, -0.05) is 0 Å². The number of halogens is 1. The van der Waals surface area contributed by atoms with Gasteiger partial charge in [-0.25, -0.2) is 0 Å². The maximum atomic E-state index is 6.83. The maximum absolute atomic E-state index is 6.83. The van der Waals surface area contributed by atoms with Crippen molar-refractivity contribution in [2.45, 2.75) is 73.2 Å². The van der Waals surface area contributed by atoms with E-state index in [-0.39, 0.29) is 0 Å². The summed E-state index contributed by atoms with van der Waals surface area (Å²) in [5.41, 5.74) is 0. The molecule has 0 unspecified atom stereocenters. The molecule has 0 heterocycles. The second kappa shape index (κ2) is 5.86. The molecule has 80 valence electrons. The van der Waals surface area contributed by atoms with E-state index in [0.29, 0.717) is 0 Å². The van der Waals surface area contributed by atoms with E-state index in [2.05, 4.69) is 0 Å². The van der Waals surface area contributed by atoms with Crippen LogP contribution in [0.1, 0.15) is 64.2 Å². The zero-order valence-electron chi connectivity index (χ0n) is 9.18. The van der Waals surface area contributed by atoms with Crippen LogP contribution in [0.2, 0.25) is 8.94 Å². The fourth-order valence-electron chi connectivity index (χ4n) is 3.29. The molecule has 0 N–H and O–H groups in total. The quantitative estimate of drug-likeness (QED) is 0.628. The Bertz CT molecular complexity index is 142. The van der Waals surface area contributed by atoms with Crippen LogP contribution in [0.3, 0.4) is 0 Å². The molecule has 0 aromatic heterocycles.